The summed E-state index contributed by atoms with van der Waals surface area (Å²) in [4.78, 5) is 45.6. The van der Waals surface area contributed by atoms with Crippen molar-refractivity contribution in [2.45, 2.75) is 82.0 Å². The number of likely N-dealkylation sites (tertiary alicyclic amines) is 1. The van der Waals surface area contributed by atoms with Gasteiger partial charge in [0.25, 0.3) is 5.91 Å². The number of carbonyl (C=O) groups is 3. The minimum Gasteiger partial charge on any atom is -0.497 e. The summed E-state index contributed by atoms with van der Waals surface area (Å²) >= 11 is 0. The monoisotopic (exact) mass is 623 g/mol. The van der Waals surface area contributed by atoms with Crippen molar-refractivity contribution in [1.29, 1.82) is 0 Å². The van der Waals surface area contributed by atoms with Crippen LogP contribution in [-0.4, -0.2) is 75.1 Å². The Balaban J connectivity index is 1.34. The molecule has 3 fully saturated rings. The van der Waals surface area contributed by atoms with Crippen LogP contribution >= 0.6 is 0 Å². The van der Waals surface area contributed by atoms with E-state index in [1.165, 1.54) is 0 Å². The lowest BCUT2D eigenvalue weighted by molar-refractivity contribution is -0.150. The first-order valence-electron chi connectivity index (χ1n) is 15.7. The number of halogens is 1. The van der Waals surface area contributed by atoms with Crippen LogP contribution in [0.25, 0.3) is 0 Å². The number of aliphatic hydroxyl groups excluding tert-OH is 1. The Kier molecular flexibility index (Phi) is 8.08. The van der Waals surface area contributed by atoms with Crippen LogP contribution in [0, 0.1) is 5.92 Å². The van der Waals surface area contributed by atoms with Gasteiger partial charge in [-0.15, -0.1) is 0 Å². The Morgan fingerprint density at radius 1 is 1.14 bits per heavy atom. The van der Waals surface area contributed by atoms with Crippen molar-refractivity contribution >= 4 is 37.5 Å². The smallest absolute Gasteiger partial charge is 0.264 e. The molecule has 1 spiro atoms. The maximum absolute atomic E-state index is 16.2. The lowest BCUT2D eigenvalue weighted by Gasteiger charge is -2.31. The van der Waals surface area contributed by atoms with E-state index in [9.17, 15) is 19.5 Å². The zero-order valence-corrected chi connectivity index (χ0v) is 26.9. The molecule has 2 aromatic rings. The van der Waals surface area contributed by atoms with Crippen LogP contribution in [0.1, 0.15) is 50.2 Å². The average molecular weight is 624 g/mol. The normalized spacial score (nSPS) is 28.5. The van der Waals surface area contributed by atoms with Crippen molar-refractivity contribution in [3.8, 4) is 5.75 Å². The van der Waals surface area contributed by atoms with Crippen molar-refractivity contribution < 1.29 is 33.1 Å². The Morgan fingerprint density at radius 3 is 2.52 bits per heavy atom. The van der Waals surface area contributed by atoms with Crippen molar-refractivity contribution in [1.82, 2.24) is 4.90 Å². The SMILES string of the molecule is COc1ccc2c(c1)[C@@]1(O[C@H](CC(=O)N3CCC[C@H]3CO)[C@@H]([Si](C)(C)F)[C@@H]1C)C(=O)N2Cc1ccc(N2CCCC2=O)cc1. The second kappa shape index (κ2) is 11.6. The third-order valence-corrected chi connectivity index (χ3v) is 12.6. The molecule has 0 bridgehead atoms. The molecule has 4 heterocycles. The fourth-order valence-corrected chi connectivity index (χ4v) is 10.5. The molecule has 3 saturated heterocycles. The largest absolute Gasteiger partial charge is 0.497 e. The summed E-state index contributed by atoms with van der Waals surface area (Å²) in [5, 5.41) is 9.80. The second-order valence-corrected chi connectivity index (χ2v) is 16.9. The third-order valence-electron chi connectivity index (χ3n) is 10.1. The molecule has 6 rings (SSSR count). The first-order chi connectivity index (χ1) is 21.0. The van der Waals surface area contributed by atoms with Gasteiger partial charge in [-0.05, 0) is 68.3 Å². The molecule has 1 N–H and O–H groups in total. The zero-order valence-electron chi connectivity index (χ0n) is 25.9. The summed E-state index contributed by atoms with van der Waals surface area (Å²) in [5.41, 5.74) is 0.934. The lowest BCUT2D eigenvalue weighted by atomic mass is 9.82. The van der Waals surface area contributed by atoms with Crippen LogP contribution in [0.4, 0.5) is 15.5 Å². The quantitative estimate of drug-likeness (QED) is 0.343. The van der Waals surface area contributed by atoms with Crippen molar-refractivity contribution in [3.63, 3.8) is 0 Å². The maximum Gasteiger partial charge on any atom is 0.264 e. The van der Waals surface area contributed by atoms with Crippen molar-refractivity contribution in [3.05, 3.63) is 53.6 Å². The van der Waals surface area contributed by atoms with Crippen LogP contribution in [0.15, 0.2) is 42.5 Å². The van der Waals surface area contributed by atoms with Gasteiger partial charge in [0.2, 0.25) is 20.2 Å². The number of methoxy groups -OCH3 is 1. The molecule has 4 aliphatic heterocycles. The molecular formula is C33H42FN3O6Si. The average Bonchev–Trinajstić information content (AvgIpc) is 3.76. The molecule has 0 radical (unpaired) electrons. The van der Waals surface area contributed by atoms with E-state index in [1.54, 1.807) is 41.0 Å². The number of ether oxygens (including phenoxy) is 2. The van der Waals surface area contributed by atoms with E-state index in [2.05, 4.69) is 0 Å². The van der Waals surface area contributed by atoms with Crippen LogP contribution in [0.2, 0.25) is 18.6 Å². The number of aliphatic hydroxyl groups is 1. The number of fused-ring (bicyclic) bond motifs is 2. The van der Waals surface area contributed by atoms with Crippen LogP contribution in [0.5, 0.6) is 5.75 Å². The third kappa shape index (κ3) is 5.02. The Labute approximate surface area is 259 Å². The lowest BCUT2D eigenvalue weighted by Crippen LogP contribution is -2.45. The van der Waals surface area contributed by atoms with Gasteiger partial charge >= 0.3 is 0 Å². The highest BCUT2D eigenvalue weighted by Gasteiger charge is 2.67. The summed E-state index contributed by atoms with van der Waals surface area (Å²) in [7, 11) is -1.89. The fourth-order valence-electron chi connectivity index (χ4n) is 8.04. The number of hydrogen-bond donors (Lipinski definition) is 1. The van der Waals surface area contributed by atoms with Gasteiger partial charge in [0.05, 0.1) is 44.5 Å². The highest BCUT2D eigenvalue weighted by Crippen LogP contribution is 2.60. The molecule has 5 atom stereocenters. The van der Waals surface area contributed by atoms with E-state index < -0.39 is 31.6 Å². The number of rotatable bonds is 8. The van der Waals surface area contributed by atoms with Crippen LogP contribution in [0.3, 0.4) is 0 Å². The van der Waals surface area contributed by atoms with Crippen molar-refractivity contribution in [2.24, 2.45) is 5.92 Å². The molecular weight excluding hydrogens is 581 g/mol. The van der Waals surface area contributed by atoms with Gasteiger partial charge in [-0.3, -0.25) is 14.4 Å². The Morgan fingerprint density at radius 2 is 1.89 bits per heavy atom. The van der Waals surface area contributed by atoms with E-state index in [4.69, 9.17) is 9.47 Å². The predicted molar refractivity (Wildman–Crippen MR) is 167 cm³/mol. The molecule has 236 valence electrons. The fraction of sp³-hybridized carbons (Fsp3) is 0.545. The van der Waals surface area contributed by atoms with Gasteiger partial charge in [0, 0.05) is 42.2 Å². The number of carbonyl (C=O) groups excluding carboxylic acids is 3. The summed E-state index contributed by atoms with van der Waals surface area (Å²) in [5.74, 6) is -0.318. The van der Waals surface area contributed by atoms with Gasteiger partial charge in [-0.25, -0.2) is 0 Å². The number of nitrogens with zero attached hydrogens (tertiary/aromatic N) is 3. The topological polar surface area (TPSA) is 99.6 Å². The van der Waals surface area contributed by atoms with Crippen LogP contribution in [-0.2, 0) is 31.3 Å². The highest BCUT2D eigenvalue weighted by atomic mass is 28.4. The van der Waals surface area contributed by atoms with E-state index in [0.717, 1.165) is 30.5 Å². The number of anilines is 2. The molecule has 9 nitrogen and oxygen atoms in total. The molecule has 0 unspecified atom stereocenters. The zero-order chi connectivity index (χ0) is 31.4. The number of hydrogen-bond acceptors (Lipinski definition) is 6. The first-order valence-corrected chi connectivity index (χ1v) is 18.6. The van der Waals surface area contributed by atoms with E-state index in [1.807, 2.05) is 43.3 Å². The molecule has 0 aromatic heterocycles. The van der Waals surface area contributed by atoms with Crippen LogP contribution < -0.4 is 14.5 Å². The highest BCUT2D eigenvalue weighted by molar-refractivity contribution is 6.72. The van der Waals surface area contributed by atoms with Crippen molar-refractivity contribution in [2.75, 3.05) is 36.6 Å². The number of amides is 3. The minimum atomic E-state index is -3.45. The molecule has 44 heavy (non-hydrogen) atoms. The second-order valence-electron chi connectivity index (χ2n) is 13.1. The maximum atomic E-state index is 16.2. The van der Waals surface area contributed by atoms with Gasteiger partial charge in [-0.1, -0.05) is 19.1 Å². The first kappa shape index (κ1) is 30.7. The molecule has 4 aliphatic rings. The Bertz CT molecular complexity index is 1450. The number of benzene rings is 2. The van der Waals surface area contributed by atoms with E-state index in [-0.39, 0.29) is 43.3 Å². The van der Waals surface area contributed by atoms with Gasteiger partial charge < -0.3 is 33.4 Å². The van der Waals surface area contributed by atoms with E-state index in [0.29, 0.717) is 36.5 Å². The summed E-state index contributed by atoms with van der Waals surface area (Å²) in [6, 6.07) is 12.9. The summed E-state index contributed by atoms with van der Waals surface area (Å²) < 4.78 is 28.5. The van der Waals surface area contributed by atoms with E-state index >= 15 is 4.11 Å². The predicted octanol–water partition coefficient (Wildman–Crippen LogP) is 4.52. The molecule has 0 saturated carbocycles. The molecule has 11 heteroatoms. The van der Waals surface area contributed by atoms with Gasteiger partial charge in [-0.2, -0.15) is 0 Å². The summed E-state index contributed by atoms with van der Waals surface area (Å²) in [6.07, 6.45) is 2.11. The van der Waals surface area contributed by atoms with Gasteiger partial charge in [0.15, 0.2) is 5.60 Å². The minimum absolute atomic E-state index is 0.0448. The Hall–Kier alpha value is -3.28. The molecule has 0 aliphatic carbocycles. The summed E-state index contributed by atoms with van der Waals surface area (Å²) in [6.45, 7) is 6.53. The molecule has 2 aromatic carbocycles. The standard InChI is InChI=1S/C33H42FN3O6Si/c1-21-31(44(3,4)34)28(18-30(40)36-15-5-7-24(36)20-38)43-33(21)26-17-25(42-2)13-14-27(26)37(32(33)41)19-22-9-11-23(12-10-22)35-16-6-8-29(35)39/h9-14,17,21,24,28,31,38H,5-8,15-16,18-20H2,1-4H3/t21-,24-,28+,31-,33+/m0/s1. The molecule has 3 amide bonds. The van der Waals surface area contributed by atoms with Gasteiger partial charge in [0.1, 0.15) is 5.75 Å².